The molecule has 0 aliphatic heterocycles. The van der Waals surface area contributed by atoms with Crippen LogP contribution in [0, 0.1) is 6.92 Å². The summed E-state index contributed by atoms with van der Waals surface area (Å²) in [4.78, 5) is 12.5. The molecule has 3 aromatic rings. The highest BCUT2D eigenvalue weighted by molar-refractivity contribution is 6.04. The lowest BCUT2D eigenvalue weighted by molar-refractivity contribution is 0.102. The molecule has 0 aromatic heterocycles. The zero-order valence-corrected chi connectivity index (χ0v) is 15.5. The first-order valence-electron chi connectivity index (χ1n) is 8.98. The van der Waals surface area contributed by atoms with Crippen molar-refractivity contribution in [2.24, 2.45) is 0 Å². The SMILES string of the molecule is COc1ccc(C(=O)Nc2ccc3c(c2)C=C(c2cccc(C)c2)C3)cc1. The van der Waals surface area contributed by atoms with Gasteiger partial charge in [-0.2, -0.15) is 0 Å². The second kappa shape index (κ2) is 7.12. The molecule has 0 unspecified atom stereocenters. The Hall–Kier alpha value is -3.33. The Kier molecular flexibility index (Phi) is 4.51. The zero-order chi connectivity index (χ0) is 18.8. The fourth-order valence-corrected chi connectivity index (χ4v) is 3.39. The van der Waals surface area contributed by atoms with Crippen molar-refractivity contribution in [2.75, 3.05) is 12.4 Å². The van der Waals surface area contributed by atoms with Gasteiger partial charge in [0.25, 0.3) is 5.91 Å². The van der Waals surface area contributed by atoms with Crippen LogP contribution in [-0.4, -0.2) is 13.0 Å². The quantitative estimate of drug-likeness (QED) is 0.685. The third kappa shape index (κ3) is 3.63. The molecule has 3 aromatic carbocycles. The zero-order valence-electron chi connectivity index (χ0n) is 15.5. The fraction of sp³-hybridized carbons (Fsp3) is 0.125. The van der Waals surface area contributed by atoms with E-state index in [0.29, 0.717) is 5.56 Å². The van der Waals surface area contributed by atoms with Crippen molar-refractivity contribution in [3.8, 4) is 5.75 Å². The number of allylic oxidation sites excluding steroid dienone is 1. The van der Waals surface area contributed by atoms with E-state index in [1.54, 1.807) is 31.4 Å². The number of benzene rings is 3. The van der Waals surface area contributed by atoms with E-state index in [9.17, 15) is 4.79 Å². The maximum atomic E-state index is 12.5. The van der Waals surface area contributed by atoms with Crippen LogP contribution in [0.1, 0.15) is 32.6 Å². The van der Waals surface area contributed by atoms with Gasteiger partial charge in [0.2, 0.25) is 0 Å². The van der Waals surface area contributed by atoms with E-state index < -0.39 is 0 Å². The average Bonchev–Trinajstić information content (AvgIpc) is 3.11. The minimum absolute atomic E-state index is 0.126. The van der Waals surface area contributed by atoms with E-state index in [1.165, 1.54) is 27.8 Å². The second-order valence-corrected chi connectivity index (χ2v) is 6.81. The molecule has 3 heteroatoms. The molecule has 0 atom stereocenters. The van der Waals surface area contributed by atoms with Crippen molar-refractivity contribution < 1.29 is 9.53 Å². The van der Waals surface area contributed by atoms with Crippen LogP contribution >= 0.6 is 0 Å². The van der Waals surface area contributed by atoms with Crippen LogP contribution in [0.5, 0.6) is 5.75 Å². The van der Waals surface area contributed by atoms with Crippen molar-refractivity contribution in [3.63, 3.8) is 0 Å². The molecular weight excluding hydrogens is 334 g/mol. The first-order valence-corrected chi connectivity index (χ1v) is 8.98. The number of amides is 1. The molecule has 0 heterocycles. The van der Waals surface area contributed by atoms with Gasteiger partial charge in [-0.05, 0) is 72.0 Å². The molecule has 0 saturated heterocycles. The Bertz CT molecular complexity index is 1030. The van der Waals surface area contributed by atoms with Gasteiger partial charge in [-0.3, -0.25) is 4.79 Å². The maximum Gasteiger partial charge on any atom is 0.255 e. The minimum Gasteiger partial charge on any atom is -0.497 e. The van der Waals surface area contributed by atoms with Crippen molar-refractivity contribution in [3.05, 3.63) is 94.5 Å². The van der Waals surface area contributed by atoms with Crippen LogP contribution in [0.15, 0.2) is 66.7 Å². The molecule has 1 amide bonds. The largest absolute Gasteiger partial charge is 0.497 e. The van der Waals surface area contributed by atoms with Gasteiger partial charge in [0.05, 0.1) is 7.11 Å². The molecule has 0 spiro atoms. The highest BCUT2D eigenvalue weighted by Crippen LogP contribution is 2.33. The number of nitrogens with one attached hydrogen (secondary N) is 1. The summed E-state index contributed by atoms with van der Waals surface area (Å²) in [5.41, 5.74) is 7.69. The molecule has 0 radical (unpaired) electrons. The first kappa shape index (κ1) is 17.1. The summed E-state index contributed by atoms with van der Waals surface area (Å²) in [6.45, 7) is 2.11. The predicted octanol–water partition coefficient (Wildman–Crippen LogP) is 5.35. The van der Waals surface area contributed by atoms with E-state index in [-0.39, 0.29) is 5.91 Å². The normalized spacial score (nSPS) is 12.3. The number of carbonyl (C=O) groups excluding carboxylic acids is 1. The summed E-state index contributed by atoms with van der Waals surface area (Å²) in [6.07, 6.45) is 3.14. The summed E-state index contributed by atoms with van der Waals surface area (Å²) in [6, 6.07) is 21.8. The fourth-order valence-electron chi connectivity index (χ4n) is 3.39. The summed E-state index contributed by atoms with van der Waals surface area (Å²) in [5.74, 6) is 0.608. The molecule has 4 rings (SSSR count). The van der Waals surface area contributed by atoms with Gasteiger partial charge < -0.3 is 10.1 Å². The molecular formula is C24H21NO2. The number of hydrogen-bond acceptors (Lipinski definition) is 2. The van der Waals surface area contributed by atoms with Crippen molar-refractivity contribution in [2.45, 2.75) is 13.3 Å². The van der Waals surface area contributed by atoms with Gasteiger partial charge in [-0.25, -0.2) is 0 Å². The Balaban J connectivity index is 1.53. The molecule has 27 heavy (non-hydrogen) atoms. The molecule has 3 nitrogen and oxygen atoms in total. The summed E-state index contributed by atoms with van der Waals surface area (Å²) in [5, 5.41) is 2.98. The maximum absolute atomic E-state index is 12.5. The monoisotopic (exact) mass is 355 g/mol. The molecule has 1 N–H and O–H groups in total. The summed E-state index contributed by atoms with van der Waals surface area (Å²) in [7, 11) is 1.61. The van der Waals surface area contributed by atoms with Gasteiger partial charge in [0.15, 0.2) is 0 Å². The van der Waals surface area contributed by atoms with Gasteiger partial charge in [0, 0.05) is 11.3 Å². The average molecular weight is 355 g/mol. The van der Waals surface area contributed by atoms with Gasteiger partial charge in [-0.1, -0.05) is 42.0 Å². The van der Waals surface area contributed by atoms with E-state index in [4.69, 9.17) is 4.74 Å². The number of fused-ring (bicyclic) bond motifs is 1. The Morgan fingerprint density at radius 3 is 2.56 bits per heavy atom. The van der Waals surface area contributed by atoms with Crippen LogP contribution in [-0.2, 0) is 6.42 Å². The number of ether oxygens (including phenoxy) is 1. The minimum atomic E-state index is -0.126. The predicted molar refractivity (Wildman–Crippen MR) is 110 cm³/mol. The number of hydrogen-bond donors (Lipinski definition) is 1. The van der Waals surface area contributed by atoms with Crippen LogP contribution in [0.25, 0.3) is 11.6 Å². The van der Waals surface area contributed by atoms with Crippen molar-refractivity contribution in [1.29, 1.82) is 0 Å². The Labute approximate surface area is 159 Å². The molecule has 0 bridgehead atoms. The number of rotatable bonds is 4. The van der Waals surface area contributed by atoms with Gasteiger partial charge in [0.1, 0.15) is 5.75 Å². The van der Waals surface area contributed by atoms with Crippen LogP contribution in [0.4, 0.5) is 5.69 Å². The van der Waals surface area contributed by atoms with Crippen molar-refractivity contribution in [1.82, 2.24) is 0 Å². The summed E-state index contributed by atoms with van der Waals surface area (Å²) < 4.78 is 5.13. The number of aryl methyl sites for hydroxylation is 1. The van der Waals surface area contributed by atoms with Gasteiger partial charge >= 0.3 is 0 Å². The highest BCUT2D eigenvalue weighted by atomic mass is 16.5. The third-order valence-corrected chi connectivity index (χ3v) is 4.86. The molecule has 1 aliphatic rings. The lowest BCUT2D eigenvalue weighted by Crippen LogP contribution is -2.11. The topological polar surface area (TPSA) is 38.3 Å². The number of anilines is 1. The lowest BCUT2D eigenvalue weighted by atomic mass is 10.0. The molecule has 134 valence electrons. The van der Waals surface area contributed by atoms with Crippen LogP contribution in [0.2, 0.25) is 0 Å². The van der Waals surface area contributed by atoms with E-state index in [1.807, 2.05) is 12.1 Å². The van der Waals surface area contributed by atoms with E-state index in [0.717, 1.165) is 17.9 Å². The van der Waals surface area contributed by atoms with Crippen LogP contribution < -0.4 is 10.1 Å². The third-order valence-electron chi connectivity index (χ3n) is 4.86. The number of carbonyl (C=O) groups is 1. The van der Waals surface area contributed by atoms with E-state index in [2.05, 4.69) is 48.6 Å². The standard InChI is InChI=1S/C24H21NO2/c1-16-4-3-5-18(12-16)20-13-19-6-9-22(15-21(19)14-20)25-24(26)17-7-10-23(27-2)11-8-17/h3-12,14-15H,13H2,1-2H3,(H,25,26). The van der Waals surface area contributed by atoms with Crippen LogP contribution in [0.3, 0.4) is 0 Å². The molecule has 0 fully saturated rings. The Morgan fingerprint density at radius 2 is 1.81 bits per heavy atom. The van der Waals surface area contributed by atoms with Gasteiger partial charge in [-0.15, -0.1) is 0 Å². The molecule has 0 saturated carbocycles. The number of methoxy groups -OCH3 is 1. The lowest BCUT2D eigenvalue weighted by Gasteiger charge is -2.08. The summed E-state index contributed by atoms with van der Waals surface area (Å²) >= 11 is 0. The molecule has 1 aliphatic carbocycles. The smallest absolute Gasteiger partial charge is 0.255 e. The first-order chi connectivity index (χ1) is 13.1. The van der Waals surface area contributed by atoms with Crippen molar-refractivity contribution >= 4 is 23.2 Å². The highest BCUT2D eigenvalue weighted by Gasteiger charge is 2.15. The second-order valence-electron chi connectivity index (χ2n) is 6.81. The Morgan fingerprint density at radius 1 is 1.00 bits per heavy atom. The van der Waals surface area contributed by atoms with E-state index >= 15 is 0 Å².